The van der Waals surface area contributed by atoms with E-state index in [0.29, 0.717) is 10.8 Å². The van der Waals surface area contributed by atoms with E-state index in [1.807, 2.05) is 44.3 Å². The van der Waals surface area contributed by atoms with Gasteiger partial charge in [-0.15, -0.1) is 0 Å². The second-order valence-electron chi connectivity index (χ2n) is 6.50. The quantitative estimate of drug-likeness (QED) is 0.437. The Morgan fingerprint density at radius 1 is 1.11 bits per heavy atom. The largest absolute Gasteiger partial charge is 0.381 e. The average molecular weight is 421 g/mol. The van der Waals surface area contributed by atoms with Crippen LogP contribution in [0.1, 0.15) is 18.5 Å². The summed E-state index contributed by atoms with van der Waals surface area (Å²) < 4.78 is 8.70. The van der Waals surface area contributed by atoms with Crippen molar-refractivity contribution in [1.29, 1.82) is 0 Å². The minimum atomic E-state index is -0.182. The number of anilines is 1. The van der Waals surface area contributed by atoms with Crippen molar-refractivity contribution < 1.29 is 4.74 Å². The predicted octanol–water partition coefficient (Wildman–Crippen LogP) is 1.33. The summed E-state index contributed by atoms with van der Waals surface area (Å²) in [5.74, 6) is 0. The van der Waals surface area contributed by atoms with Gasteiger partial charge in [-0.05, 0) is 56.3 Å². The number of aromatic nitrogens is 2. The van der Waals surface area contributed by atoms with Gasteiger partial charge in [-0.2, -0.15) is 0 Å². The Labute approximate surface area is 174 Å². The first-order valence-corrected chi connectivity index (χ1v) is 9.84. The molecule has 4 N–H and O–H groups in total. The van der Waals surface area contributed by atoms with Gasteiger partial charge in [0, 0.05) is 26.3 Å². The van der Waals surface area contributed by atoms with Gasteiger partial charge in [0.25, 0.3) is 5.56 Å². The van der Waals surface area contributed by atoms with Crippen molar-refractivity contribution in [1.82, 2.24) is 25.5 Å². The number of hydrogen-bond acceptors (Lipinski definition) is 4. The molecule has 0 atom stereocenters. The highest BCUT2D eigenvalue weighted by Gasteiger charge is 2.17. The number of rotatable bonds is 3. The molecule has 1 aromatic carbocycles. The standard InChI is InChI=1S/C18H24N6O2S2/c1-12-15(16(25)24(23(12)2)14-6-4-3-5-7-14)20-18(28)22-21-17(27)19-13-8-10-26-11-9-13/h3-7,13H,8-11H2,1-2H3,(H2,19,21,27)(H2,20,22,28). The summed E-state index contributed by atoms with van der Waals surface area (Å²) in [4.78, 5) is 12.9. The van der Waals surface area contributed by atoms with Crippen LogP contribution in [-0.2, 0) is 11.8 Å². The lowest BCUT2D eigenvalue weighted by Gasteiger charge is -2.24. The molecule has 0 saturated carbocycles. The molecule has 2 heterocycles. The molecule has 2 aromatic rings. The van der Waals surface area contributed by atoms with Gasteiger partial charge in [-0.25, -0.2) is 4.68 Å². The van der Waals surface area contributed by atoms with E-state index in [1.165, 1.54) is 0 Å². The molecule has 1 fully saturated rings. The fourth-order valence-electron chi connectivity index (χ4n) is 3.03. The van der Waals surface area contributed by atoms with E-state index in [2.05, 4.69) is 21.5 Å². The summed E-state index contributed by atoms with van der Waals surface area (Å²) in [6.45, 7) is 3.32. The highest BCUT2D eigenvalue weighted by atomic mass is 32.1. The van der Waals surface area contributed by atoms with Crippen LogP contribution < -0.4 is 27.0 Å². The van der Waals surface area contributed by atoms with Crippen molar-refractivity contribution in [2.45, 2.75) is 25.8 Å². The lowest BCUT2D eigenvalue weighted by atomic mass is 10.1. The summed E-state index contributed by atoms with van der Waals surface area (Å²) in [5.41, 5.74) is 7.45. The van der Waals surface area contributed by atoms with Crippen LogP contribution in [0, 0.1) is 6.92 Å². The molecule has 1 aliphatic rings. The van der Waals surface area contributed by atoms with Gasteiger partial charge in [0.15, 0.2) is 10.2 Å². The smallest absolute Gasteiger partial charge is 0.295 e. The van der Waals surface area contributed by atoms with Gasteiger partial charge >= 0.3 is 0 Å². The van der Waals surface area contributed by atoms with E-state index in [0.717, 1.165) is 37.4 Å². The van der Waals surface area contributed by atoms with E-state index in [-0.39, 0.29) is 16.7 Å². The van der Waals surface area contributed by atoms with Gasteiger partial charge in [0.1, 0.15) is 5.69 Å². The number of nitrogens with one attached hydrogen (secondary N) is 4. The van der Waals surface area contributed by atoms with E-state index in [1.54, 1.807) is 9.36 Å². The molecule has 0 unspecified atom stereocenters. The SMILES string of the molecule is Cc1c(NC(=S)NNC(=S)NC2CCOCC2)c(=O)n(-c2ccccc2)n1C. The van der Waals surface area contributed by atoms with Gasteiger partial charge in [0.05, 0.1) is 11.4 Å². The molecule has 0 bridgehead atoms. The van der Waals surface area contributed by atoms with Crippen LogP contribution in [0.2, 0.25) is 0 Å². The Morgan fingerprint density at radius 2 is 1.75 bits per heavy atom. The zero-order valence-electron chi connectivity index (χ0n) is 15.8. The molecule has 0 amide bonds. The van der Waals surface area contributed by atoms with Crippen molar-refractivity contribution in [2.24, 2.45) is 7.05 Å². The van der Waals surface area contributed by atoms with Crippen molar-refractivity contribution in [3.63, 3.8) is 0 Å². The minimum Gasteiger partial charge on any atom is -0.381 e. The van der Waals surface area contributed by atoms with Crippen LogP contribution in [0.4, 0.5) is 5.69 Å². The van der Waals surface area contributed by atoms with Crippen molar-refractivity contribution in [3.8, 4) is 5.69 Å². The molecular weight excluding hydrogens is 396 g/mol. The first-order valence-electron chi connectivity index (χ1n) is 9.02. The number of ether oxygens (including phenoxy) is 1. The van der Waals surface area contributed by atoms with Gasteiger partial charge < -0.3 is 15.4 Å². The van der Waals surface area contributed by atoms with Gasteiger partial charge in [0.2, 0.25) is 0 Å². The molecule has 8 nitrogen and oxygen atoms in total. The number of thiocarbonyl (C=S) groups is 2. The van der Waals surface area contributed by atoms with Crippen molar-refractivity contribution >= 4 is 40.3 Å². The zero-order chi connectivity index (χ0) is 20.1. The highest BCUT2D eigenvalue weighted by molar-refractivity contribution is 7.80. The summed E-state index contributed by atoms with van der Waals surface area (Å²) >= 11 is 10.6. The third-order valence-corrected chi connectivity index (χ3v) is 5.06. The average Bonchev–Trinajstić information content (AvgIpc) is 2.91. The van der Waals surface area contributed by atoms with E-state index in [9.17, 15) is 4.79 Å². The highest BCUT2D eigenvalue weighted by Crippen LogP contribution is 2.13. The number of hydrazine groups is 1. The first-order chi connectivity index (χ1) is 13.5. The molecule has 28 heavy (non-hydrogen) atoms. The fourth-order valence-corrected chi connectivity index (χ4v) is 3.40. The summed E-state index contributed by atoms with van der Waals surface area (Å²) in [6.07, 6.45) is 1.82. The Kier molecular flexibility index (Phi) is 6.65. The van der Waals surface area contributed by atoms with E-state index < -0.39 is 0 Å². The van der Waals surface area contributed by atoms with Crippen molar-refractivity contribution in [3.05, 3.63) is 46.4 Å². The molecule has 0 radical (unpaired) electrons. The Hall–Kier alpha value is -2.43. The van der Waals surface area contributed by atoms with Crippen LogP contribution >= 0.6 is 24.4 Å². The number of benzene rings is 1. The molecule has 0 aliphatic carbocycles. The maximum atomic E-state index is 12.9. The number of hydrogen-bond donors (Lipinski definition) is 4. The summed E-state index contributed by atoms with van der Waals surface area (Å²) in [5, 5.41) is 6.88. The third kappa shape index (κ3) is 4.70. The monoisotopic (exact) mass is 420 g/mol. The molecule has 10 heteroatoms. The lowest BCUT2D eigenvalue weighted by Crippen LogP contribution is -2.51. The normalized spacial score (nSPS) is 14.4. The second-order valence-corrected chi connectivity index (χ2v) is 7.32. The minimum absolute atomic E-state index is 0.182. The van der Waals surface area contributed by atoms with Crippen molar-refractivity contribution in [2.75, 3.05) is 18.5 Å². The van der Waals surface area contributed by atoms with Crippen LogP contribution in [0.25, 0.3) is 5.69 Å². The maximum absolute atomic E-state index is 12.9. The summed E-state index contributed by atoms with van der Waals surface area (Å²) in [7, 11) is 1.83. The Morgan fingerprint density at radius 3 is 2.43 bits per heavy atom. The van der Waals surface area contributed by atoms with Crippen LogP contribution in [0.5, 0.6) is 0 Å². The number of para-hydroxylation sites is 1. The van der Waals surface area contributed by atoms with Gasteiger partial charge in [-0.3, -0.25) is 20.3 Å². The van der Waals surface area contributed by atoms with Crippen LogP contribution in [0.3, 0.4) is 0 Å². The third-order valence-electron chi connectivity index (χ3n) is 4.64. The Balaban J connectivity index is 1.61. The van der Waals surface area contributed by atoms with Gasteiger partial charge in [-0.1, -0.05) is 18.2 Å². The lowest BCUT2D eigenvalue weighted by molar-refractivity contribution is 0.0824. The second kappa shape index (κ2) is 9.18. The number of nitrogens with zero attached hydrogens (tertiary/aromatic N) is 2. The Bertz CT molecular complexity index is 903. The van der Waals surface area contributed by atoms with Crippen LogP contribution in [0.15, 0.2) is 35.1 Å². The first kappa shape index (κ1) is 20.3. The van der Waals surface area contributed by atoms with E-state index in [4.69, 9.17) is 29.2 Å². The van der Waals surface area contributed by atoms with E-state index >= 15 is 0 Å². The molecular formula is C18H24N6O2S2. The summed E-state index contributed by atoms with van der Waals surface area (Å²) in [6, 6.07) is 9.73. The molecule has 1 saturated heterocycles. The predicted molar refractivity (Wildman–Crippen MR) is 118 cm³/mol. The maximum Gasteiger partial charge on any atom is 0.295 e. The molecule has 0 spiro atoms. The molecule has 150 valence electrons. The molecule has 1 aromatic heterocycles. The van der Waals surface area contributed by atoms with Crippen LogP contribution in [-0.4, -0.2) is 38.8 Å². The molecule has 3 rings (SSSR count). The fraction of sp³-hybridized carbons (Fsp3) is 0.389. The molecule has 1 aliphatic heterocycles. The topological polar surface area (TPSA) is 84.3 Å². The zero-order valence-corrected chi connectivity index (χ0v) is 17.5.